The molecular formula is C14H22N6S. The van der Waals surface area contributed by atoms with Gasteiger partial charge in [0.25, 0.3) is 0 Å². The molecule has 1 aliphatic rings. The summed E-state index contributed by atoms with van der Waals surface area (Å²) in [6, 6.07) is 0.203. The van der Waals surface area contributed by atoms with Gasteiger partial charge in [0, 0.05) is 44.7 Å². The molecule has 0 fully saturated rings. The van der Waals surface area contributed by atoms with Crippen molar-refractivity contribution >= 4 is 16.5 Å². The smallest absolute Gasteiger partial charge is 0.185 e. The van der Waals surface area contributed by atoms with Gasteiger partial charge in [0.15, 0.2) is 5.13 Å². The largest absolute Gasteiger partial charge is 0.354 e. The van der Waals surface area contributed by atoms with Gasteiger partial charge in [-0.25, -0.2) is 4.98 Å². The third-order valence-electron chi connectivity index (χ3n) is 3.78. The van der Waals surface area contributed by atoms with Crippen LogP contribution in [0.3, 0.4) is 0 Å². The Balaban J connectivity index is 1.63. The molecule has 21 heavy (non-hydrogen) atoms. The van der Waals surface area contributed by atoms with Gasteiger partial charge in [-0.15, -0.1) is 21.5 Å². The zero-order chi connectivity index (χ0) is 14.8. The van der Waals surface area contributed by atoms with Gasteiger partial charge in [-0.2, -0.15) is 0 Å². The van der Waals surface area contributed by atoms with Crippen molar-refractivity contribution < 1.29 is 0 Å². The molecule has 0 spiro atoms. The van der Waals surface area contributed by atoms with E-state index in [0.29, 0.717) is 0 Å². The summed E-state index contributed by atoms with van der Waals surface area (Å²) in [6.07, 6.45) is 5.46. The van der Waals surface area contributed by atoms with E-state index in [4.69, 9.17) is 0 Å². The Bertz CT molecular complexity index is 602. The molecule has 7 heteroatoms. The van der Waals surface area contributed by atoms with Gasteiger partial charge in [0.05, 0.1) is 6.04 Å². The first kappa shape index (κ1) is 14.5. The number of nitrogens with one attached hydrogen (secondary N) is 1. The highest BCUT2D eigenvalue weighted by Crippen LogP contribution is 2.22. The van der Waals surface area contributed by atoms with E-state index in [1.165, 1.54) is 17.7 Å². The normalized spacial score (nSPS) is 15.8. The van der Waals surface area contributed by atoms with E-state index in [2.05, 4.69) is 32.0 Å². The predicted octanol–water partition coefficient (Wildman–Crippen LogP) is 1.99. The molecule has 2 aromatic heterocycles. The number of thiazole rings is 1. The van der Waals surface area contributed by atoms with Crippen molar-refractivity contribution in [2.24, 2.45) is 0 Å². The molecule has 3 heterocycles. The maximum absolute atomic E-state index is 4.40. The van der Waals surface area contributed by atoms with Crippen molar-refractivity contribution in [2.45, 2.75) is 45.3 Å². The third kappa shape index (κ3) is 3.08. The first-order valence-corrected chi connectivity index (χ1v) is 8.24. The Kier molecular flexibility index (Phi) is 4.21. The van der Waals surface area contributed by atoms with Crippen LogP contribution in [0.2, 0.25) is 0 Å². The summed E-state index contributed by atoms with van der Waals surface area (Å²) in [5, 5.41) is 13.3. The number of hydrogen-bond acceptors (Lipinski definition) is 6. The molecule has 3 rings (SSSR count). The van der Waals surface area contributed by atoms with Gasteiger partial charge in [0.2, 0.25) is 0 Å². The van der Waals surface area contributed by atoms with Crippen molar-refractivity contribution in [3.8, 4) is 0 Å². The monoisotopic (exact) mass is 306 g/mol. The highest BCUT2D eigenvalue weighted by Gasteiger charge is 2.19. The molecule has 0 saturated carbocycles. The Hall–Kier alpha value is -1.47. The van der Waals surface area contributed by atoms with Gasteiger partial charge in [-0.1, -0.05) is 0 Å². The average Bonchev–Trinajstić information content (AvgIpc) is 3.11. The molecule has 6 nitrogen and oxygen atoms in total. The van der Waals surface area contributed by atoms with Crippen LogP contribution < -0.4 is 10.2 Å². The fourth-order valence-corrected chi connectivity index (χ4v) is 3.37. The first-order chi connectivity index (χ1) is 10.1. The zero-order valence-corrected chi connectivity index (χ0v) is 13.7. The molecular weight excluding hydrogens is 284 g/mol. The van der Waals surface area contributed by atoms with E-state index in [1.807, 2.05) is 25.2 Å². The molecule has 2 aromatic rings. The van der Waals surface area contributed by atoms with Crippen LogP contribution in [0, 0.1) is 0 Å². The van der Waals surface area contributed by atoms with Crippen LogP contribution in [0.15, 0.2) is 6.20 Å². The predicted molar refractivity (Wildman–Crippen MR) is 84.7 cm³/mol. The fourth-order valence-electron chi connectivity index (χ4n) is 2.58. The van der Waals surface area contributed by atoms with Crippen LogP contribution in [-0.4, -0.2) is 33.8 Å². The highest BCUT2D eigenvalue weighted by atomic mass is 32.1. The fraction of sp³-hybridized carbons (Fsp3) is 0.643. The van der Waals surface area contributed by atoms with E-state index in [0.717, 1.165) is 36.3 Å². The topological polar surface area (TPSA) is 58.9 Å². The van der Waals surface area contributed by atoms with Crippen LogP contribution in [0.1, 0.15) is 42.3 Å². The second kappa shape index (κ2) is 6.11. The summed E-state index contributed by atoms with van der Waals surface area (Å²) < 4.78 is 2.28. The molecule has 1 N–H and O–H groups in total. The number of nitrogens with zero attached hydrogens (tertiary/aromatic N) is 5. The molecule has 114 valence electrons. The quantitative estimate of drug-likeness (QED) is 0.915. The van der Waals surface area contributed by atoms with Gasteiger partial charge >= 0.3 is 0 Å². The van der Waals surface area contributed by atoms with E-state index >= 15 is 0 Å². The van der Waals surface area contributed by atoms with Gasteiger partial charge in [0.1, 0.15) is 11.6 Å². The summed E-state index contributed by atoms with van der Waals surface area (Å²) in [6.45, 7) is 4.02. The third-order valence-corrected chi connectivity index (χ3v) is 4.95. The molecule has 1 unspecified atom stereocenters. The molecule has 0 saturated heterocycles. The minimum absolute atomic E-state index is 0.203. The number of anilines is 1. The maximum atomic E-state index is 4.40. The number of fused-ring (bicyclic) bond motifs is 1. The standard InChI is InChI=1S/C14H22N6S/c1-10(13-18-17-12-6-4-5-7-20(12)13)15-8-11-9-16-14(21-11)19(2)3/h9-10,15H,4-8H2,1-3H3. The highest BCUT2D eigenvalue weighted by molar-refractivity contribution is 7.15. The van der Waals surface area contributed by atoms with E-state index in [-0.39, 0.29) is 6.04 Å². The lowest BCUT2D eigenvalue weighted by molar-refractivity contribution is 0.466. The van der Waals surface area contributed by atoms with Crippen molar-refractivity contribution in [2.75, 3.05) is 19.0 Å². The molecule has 0 bridgehead atoms. The van der Waals surface area contributed by atoms with E-state index < -0.39 is 0 Å². The molecule has 1 atom stereocenters. The molecule has 0 amide bonds. The van der Waals surface area contributed by atoms with Crippen LogP contribution in [0.5, 0.6) is 0 Å². The second-order valence-electron chi connectivity index (χ2n) is 5.69. The number of rotatable bonds is 5. The van der Waals surface area contributed by atoms with Crippen molar-refractivity contribution in [3.05, 3.63) is 22.7 Å². The summed E-state index contributed by atoms with van der Waals surface area (Å²) in [5.74, 6) is 2.19. The second-order valence-corrected chi connectivity index (χ2v) is 6.78. The number of aryl methyl sites for hydroxylation is 1. The van der Waals surface area contributed by atoms with Gasteiger partial charge < -0.3 is 14.8 Å². The number of hydrogen-bond donors (Lipinski definition) is 1. The Morgan fingerprint density at radius 3 is 3.00 bits per heavy atom. The van der Waals surface area contributed by atoms with Crippen LogP contribution in [0.25, 0.3) is 0 Å². The Morgan fingerprint density at radius 1 is 1.38 bits per heavy atom. The number of aromatic nitrogens is 4. The summed E-state index contributed by atoms with van der Waals surface area (Å²) >= 11 is 1.72. The molecule has 0 radical (unpaired) electrons. The lowest BCUT2D eigenvalue weighted by Gasteiger charge is -2.18. The summed E-state index contributed by atoms with van der Waals surface area (Å²) in [7, 11) is 4.03. The summed E-state index contributed by atoms with van der Waals surface area (Å²) in [4.78, 5) is 7.67. The van der Waals surface area contributed by atoms with Crippen molar-refractivity contribution in [1.82, 2.24) is 25.1 Å². The minimum Gasteiger partial charge on any atom is -0.354 e. The van der Waals surface area contributed by atoms with Gasteiger partial charge in [-0.05, 0) is 19.8 Å². The Morgan fingerprint density at radius 2 is 2.24 bits per heavy atom. The maximum Gasteiger partial charge on any atom is 0.185 e. The minimum atomic E-state index is 0.203. The van der Waals surface area contributed by atoms with Crippen LogP contribution >= 0.6 is 11.3 Å². The molecule has 1 aliphatic heterocycles. The lowest BCUT2D eigenvalue weighted by atomic mass is 10.1. The lowest BCUT2D eigenvalue weighted by Crippen LogP contribution is -2.23. The van der Waals surface area contributed by atoms with Crippen LogP contribution in [-0.2, 0) is 19.5 Å². The average molecular weight is 306 g/mol. The first-order valence-electron chi connectivity index (χ1n) is 7.42. The molecule has 0 aromatic carbocycles. The van der Waals surface area contributed by atoms with Crippen LogP contribution in [0.4, 0.5) is 5.13 Å². The van der Waals surface area contributed by atoms with Crippen molar-refractivity contribution in [1.29, 1.82) is 0 Å². The van der Waals surface area contributed by atoms with Gasteiger partial charge in [-0.3, -0.25) is 0 Å². The molecule has 0 aliphatic carbocycles. The summed E-state index contributed by atoms with van der Waals surface area (Å²) in [5.41, 5.74) is 0. The van der Waals surface area contributed by atoms with E-state index in [9.17, 15) is 0 Å². The van der Waals surface area contributed by atoms with E-state index in [1.54, 1.807) is 11.3 Å². The Labute approximate surface area is 129 Å². The SMILES string of the molecule is CC(NCc1cnc(N(C)C)s1)c1nnc2n1CCCC2. The van der Waals surface area contributed by atoms with Crippen molar-refractivity contribution in [3.63, 3.8) is 0 Å². The zero-order valence-electron chi connectivity index (χ0n) is 12.8.